The van der Waals surface area contributed by atoms with E-state index < -0.39 is 0 Å². The van der Waals surface area contributed by atoms with Crippen LogP contribution in [0.2, 0.25) is 0 Å². The van der Waals surface area contributed by atoms with Gasteiger partial charge in [0.1, 0.15) is 0 Å². The molecule has 0 amide bonds. The predicted molar refractivity (Wildman–Crippen MR) is 190 cm³/mol. The number of aliphatic imine (C=N–C) groups is 1. The summed E-state index contributed by atoms with van der Waals surface area (Å²) >= 11 is 0. The third-order valence-electron chi connectivity index (χ3n) is 11.0. The molecule has 1 saturated heterocycles. The van der Waals surface area contributed by atoms with E-state index in [0.717, 1.165) is 12.8 Å². The normalized spacial score (nSPS) is 23.8. The highest BCUT2D eigenvalue weighted by molar-refractivity contribution is 6.13. The summed E-state index contributed by atoms with van der Waals surface area (Å²) in [6.45, 7) is 4.85. The molecule has 46 heavy (non-hydrogen) atoms. The maximum atomic E-state index is 5.68. The van der Waals surface area contributed by atoms with E-state index in [1.165, 1.54) is 72.0 Å². The monoisotopic (exact) mass is 593 g/mol. The van der Waals surface area contributed by atoms with Crippen molar-refractivity contribution >= 4 is 33.1 Å². The molecule has 4 atom stereocenters. The minimum absolute atomic E-state index is 0.0838. The summed E-state index contributed by atoms with van der Waals surface area (Å²) in [7, 11) is 0. The Morgan fingerprint density at radius 1 is 0.696 bits per heavy atom. The SMILES string of the molecule is CC1(C)C2=C(CCC=C2)c2ccc3c4ccccc4n(C4N=C(c5cccc(-c6ccccc6)c5)C5C(c6ccccc6)N54)c3c21. The second-order valence-electron chi connectivity index (χ2n) is 13.8. The predicted octanol–water partition coefficient (Wildman–Crippen LogP) is 10.2. The molecule has 3 heteroatoms. The molecular formula is C43H35N3. The van der Waals surface area contributed by atoms with Crippen LogP contribution in [0.25, 0.3) is 38.5 Å². The van der Waals surface area contributed by atoms with Gasteiger partial charge in [0.15, 0.2) is 6.29 Å². The van der Waals surface area contributed by atoms with Crippen molar-refractivity contribution in [1.29, 1.82) is 0 Å². The number of allylic oxidation sites excluding steroid dienone is 4. The molecule has 5 aromatic carbocycles. The van der Waals surface area contributed by atoms with Gasteiger partial charge in [-0.05, 0) is 69.5 Å². The van der Waals surface area contributed by atoms with Crippen LogP contribution in [-0.2, 0) is 5.41 Å². The van der Waals surface area contributed by atoms with E-state index in [1.54, 1.807) is 0 Å². The van der Waals surface area contributed by atoms with Gasteiger partial charge in [-0.15, -0.1) is 0 Å². The number of rotatable bonds is 4. The maximum Gasteiger partial charge on any atom is 0.184 e. The van der Waals surface area contributed by atoms with Crippen LogP contribution in [0.4, 0.5) is 0 Å². The first-order valence-corrected chi connectivity index (χ1v) is 16.6. The molecule has 3 nitrogen and oxygen atoms in total. The molecule has 4 aliphatic rings. The summed E-state index contributed by atoms with van der Waals surface area (Å²) in [5.41, 5.74) is 14.6. The molecule has 4 unspecified atom stereocenters. The summed E-state index contributed by atoms with van der Waals surface area (Å²) < 4.78 is 2.59. The van der Waals surface area contributed by atoms with Crippen LogP contribution >= 0.6 is 0 Å². The molecule has 0 bridgehead atoms. The van der Waals surface area contributed by atoms with Gasteiger partial charge in [0, 0.05) is 16.2 Å². The molecule has 6 aromatic rings. The fourth-order valence-electron chi connectivity index (χ4n) is 8.90. The lowest BCUT2D eigenvalue weighted by Gasteiger charge is -2.27. The molecular weight excluding hydrogens is 558 g/mol. The van der Waals surface area contributed by atoms with Gasteiger partial charge in [0.05, 0.1) is 28.8 Å². The molecule has 10 rings (SSSR count). The summed E-state index contributed by atoms with van der Waals surface area (Å²) in [6.07, 6.45) is 6.85. The average molecular weight is 594 g/mol. The average Bonchev–Trinajstić information content (AvgIpc) is 3.47. The molecule has 0 saturated carbocycles. The van der Waals surface area contributed by atoms with E-state index in [0.29, 0.717) is 0 Å². The second-order valence-corrected chi connectivity index (χ2v) is 13.8. The van der Waals surface area contributed by atoms with E-state index in [1.807, 2.05) is 0 Å². The highest BCUT2D eigenvalue weighted by Crippen LogP contribution is 2.58. The van der Waals surface area contributed by atoms with Gasteiger partial charge >= 0.3 is 0 Å². The van der Waals surface area contributed by atoms with Crippen LogP contribution in [0.3, 0.4) is 0 Å². The first-order valence-electron chi connectivity index (χ1n) is 16.6. The summed E-state index contributed by atoms with van der Waals surface area (Å²) in [5.74, 6) is 0. The minimum Gasteiger partial charge on any atom is -0.305 e. The number of benzene rings is 5. The standard InChI is InChI=1S/C43H35N3/c1-43(2)35-22-11-9-20-31(35)33-24-25-34-32-21-10-12-23-36(32)45(40(34)37(33)43)42-44-38(41-39(46(41)42)28-16-7-4-8-17-28)30-19-13-18-29(26-30)27-14-5-3-6-15-27/h3-8,10-19,21-26,39,41-42H,9,20H2,1-2H3. The van der Waals surface area contributed by atoms with Crippen molar-refractivity contribution in [3.63, 3.8) is 0 Å². The molecule has 3 heterocycles. The molecule has 222 valence electrons. The molecule has 1 fully saturated rings. The summed E-state index contributed by atoms with van der Waals surface area (Å²) in [6, 6.07) is 45.0. The number of hydrogen-bond donors (Lipinski definition) is 0. The number of fused-ring (bicyclic) bond motifs is 7. The maximum absolute atomic E-state index is 5.68. The zero-order valence-electron chi connectivity index (χ0n) is 26.2. The largest absolute Gasteiger partial charge is 0.305 e. The van der Waals surface area contributed by atoms with E-state index in [9.17, 15) is 0 Å². The van der Waals surface area contributed by atoms with Gasteiger partial charge in [-0.1, -0.05) is 135 Å². The molecule has 0 N–H and O–H groups in total. The van der Waals surface area contributed by atoms with E-state index >= 15 is 0 Å². The van der Waals surface area contributed by atoms with Gasteiger partial charge in [-0.2, -0.15) is 0 Å². The summed E-state index contributed by atoms with van der Waals surface area (Å²) in [4.78, 5) is 8.32. The Morgan fingerprint density at radius 3 is 2.28 bits per heavy atom. The van der Waals surface area contributed by atoms with Crippen molar-refractivity contribution in [2.24, 2.45) is 4.99 Å². The Labute approximate surface area is 269 Å². The van der Waals surface area contributed by atoms with Crippen LogP contribution < -0.4 is 0 Å². The Morgan fingerprint density at radius 2 is 1.43 bits per heavy atom. The van der Waals surface area contributed by atoms with Crippen LogP contribution in [-0.4, -0.2) is 21.2 Å². The number of nitrogens with zero attached hydrogens (tertiary/aromatic N) is 3. The molecule has 0 radical (unpaired) electrons. The third-order valence-corrected chi connectivity index (χ3v) is 11.0. The fraction of sp³-hybridized carbons (Fsp3) is 0.186. The van der Waals surface area contributed by atoms with Gasteiger partial charge in [0.25, 0.3) is 0 Å². The smallest absolute Gasteiger partial charge is 0.184 e. The quantitative estimate of drug-likeness (QED) is 0.186. The summed E-state index contributed by atoms with van der Waals surface area (Å²) in [5, 5.41) is 2.64. The Kier molecular flexibility index (Phi) is 5.43. The van der Waals surface area contributed by atoms with Gasteiger partial charge < -0.3 is 4.57 Å². The number of para-hydroxylation sites is 1. The van der Waals surface area contributed by atoms with Crippen LogP contribution in [0, 0.1) is 0 Å². The lowest BCUT2D eigenvalue weighted by molar-refractivity contribution is 0.315. The van der Waals surface area contributed by atoms with Gasteiger partial charge in [-0.25, -0.2) is 9.89 Å². The van der Waals surface area contributed by atoms with Crippen LogP contribution in [0.5, 0.6) is 0 Å². The van der Waals surface area contributed by atoms with Crippen molar-refractivity contribution in [3.8, 4) is 11.1 Å². The van der Waals surface area contributed by atoms with E-state index in [-0.39, 0.29) is 23.8 Å². The molecule has 2 aliphatic heterocycles. The van der Waals surface area contributed by atoms with Crippen molar-refractivity contribution in [2.75, 3.05) is 0 Å². The zero-order valence-corrected chi connectivity index (χ0v) is 26.2. The van der Waals surface area contributed by atoms with Crippen LogP contribution in [0.1, 0.15) is 61.3 Å². The fourth-order valence-corrected chi connectivity index (χ4v) is 8.90. The lowest BCUT2D eigenvalue weighted by atomic mass is 9.79. The third kappa shape index (κ3) is 3.55. The molecule has 1 aromatic heterocycles. The van der Waals surface area contributed by atoms with Crippen molar-refractivity contribution < 1.29 is 0 Å². The number of aromatic nitrogens is 1. The van der Waals surface area contributed by atoms with Crippen molar-refractivity contribution in [2.45, 2.75) is 50.5 Å². The Bertz CT molecular complexity index is 2300. The molecule has 0 spiro atoms. The highest BCUT2D eigenvalue weighted by atomic mass is 15.5. The van der Waals surface area contributed by atoms with Crippen molar-refractivity contribution in [3.05, 3.63) is 161 Å². The highest BCUT2D eigenvalue weighted by Gasteiger charge is 2.60. The number of hydrogen-bond acceptors (Lipinski definition) is 2. The Balaban J connectivity index is 1.22. The van der Waals surface area contributed by atoms with E-state index in [4.69, 9.17) is 4.99 Å². The zero-order chi connectivity index (χ0) is 30.6. The lowest BCUT2D eigenvalue weighted by Crippen LogP contribution is -2.20. The van der Waals surface area contributed by atoms with Crippen LogP contribution in [0.15, 0.2) is 144 Å². The molecule has 2 aliphatic carbocycles. The first-order chi connectivity index (χ1) is 22.6. The second kappa shape index (κ2) is 9.51. The van der Waals surface area contributed by atoms with Crippen molar-refractivity contribution in [1.82, 2.24) is 9.47 Å². The Hall–Kier alpha value is -4.99. The first kappa shape index (κ1) is 26.2. The van der Waals surface area contributed by atoms with Gasteiger partial charge in [-0.3, -0.25) is 0 Å². The topological polar surface area (TPSA) is 20.3 Å². The minimum atomic E-state index is -0.136. The van der Waals surface area contributed by atoms with E-state index in [2.05, 4.69) is 157 Å². The van der Waals surface area contributed by atoms with Gasteiger partial charge in [0.2, 0.25) is 0 Å².